The summed E-state index contributed by atoms with van der Waals surface area (Å²) in [6.45, 7) is 0. The third-order valence-corrected chi connectivity index (χ3v) is 9.13. The van der Waals surface area contributed by atoms with Gasteiger partial charge in [-0.15, -0.1) is 0 Å². The fourth-order valence-corrected chi connectivity index (χ4v) is 6.91. The Morgan fingerprint density at radius 2 is 0.966 bits per heavy atom. The third kappa shape index (κ3) is 6.24. The molecule has 2 aromatic carbocycles. The van der Waals surface area contributed by atoms with Crippen LogP contribution in [-0.2, 0) is 5.41 Å². The molecule has 3 rings (SSSR count). The van der Waals surface area contributed by atoms with Crippen LogP contribution < -0.4 is 0 Å². The summed E-state index contributed by atoms with van der Waals surface area (Å²) in [4.78, 5) is 0. The van der Waals surface area contributed by atoms with Crippen molar-refractivity contribution >= 4 is 90.4 Å². The van der Waals surface area contributed by atoms with Crippen LogP contribution in [0.4, 0.5) is 0 Å². The minimum absolute atomic E-state index is 0.224. The van der Waals surface area contributed by atoms with E-state index in [1.807, 2.05) is 0 Å². The topological polar surface area (TPSA) is 0 Å². The van der Waals surface area contributed by atoms with Crippen LogP contribution in [0.1, 0.15) is 75.3 Å². The van der Waals surface area contributed by atoms with Crippen LogP contribution in [0.25, 0.3) is 11.1 Å². The van der Waals surface area contributed by atoms with Crippen LogP contribution >= 0.6 is 90.4 Å². The van der Waals surface area contributed by atoms with E-state index in [0.717, 1.165) is 0 Å². The van der Waals surface area contributed by atoms with Gasteiger partial charge in [-0.3, -0.25) is 0 Å². The summed E-state index contributed by atoms with van der Waals surface area (Å²) in [5, 5.41) is 0. The summed E-state index contributed by atoms with van der Waals surface area (Å²) in [7, 11) is 0. The first-order valence-electron chi connectivity index (χ1n) is 10.8. The highest BCUT2D eigenvalue weighted by Crippen LogP contribution is 2.54. The van der Waals surface area contributed by atoms with Crippen molar-refractivity contribution in [1.29, 1.82) is 0 Å². The van der Waals surface area contributed by atoms with Gasteiger partial charge in [0.25, 0.3) is 0 Å². The van der Waals surface area contributed by atoms with Gasteiger partial charge in [-0.05, 0) is 126 Å². The van der Waals surface area contributed by atoms with E-state index in [4.69, 9.17) is 0 Å². The van der Waals surface area contributed by atoms with Crippen LogP contribution in [-0.4, -0.2) is 8.86 Å². The van der Waals surface area contributed by atoms with Gasteiger partial charge in [-0.25, -0.2) is 0 Å². The molecule has 0 spiro atoms. The lowest BCUT2D eigenvalue weighted by Crippen LogP contribution is -2.25. The first-order chi connectivity index (χ1) is 14.1. The molecule has 0 radical (unpaired) electrons. The maximum Gasteiger partial charge on any atom is 0.0216 e. The fraction of sp³-hybridized carbons (Fsp3) is 0.520. The standard InChI is InChI=1S/C25H30I4/c26-15-7-3-1-5-13-25(14-6-2-4-8-16-27)23-17-19(28)9-11-21(23)22-12-10-20(29)18-24(22)25/h9-12,17-18H,1-8,13-16H2. The van der Waals surface area contributed by atoms with E-state index in [2.05, 4.69) is 127 Å². The molecule has 0 fully saturated rings. The number of hydrogen-bond acceptors (Lipinski definition) is 0. The van der Waals surface area contributed by atoms with Crippen LogP contribution in [0.2, 0.25) is 0 Å². The molecular weight excluding hydrogens is 808 g/mol. The van der Waals surface area contributed by atoms with E-state index in [1.54, 1.807) is 11.1 Å². The summed E-state index contributed by atoms with van der Waals surface area (Å²) in [6, 6.07) is 14.3. The van der Waals surface area contributed by atoms with E-state index in [-0.39, 0.29) is 5.41 Å². The van der Waals surface area contributed by atoms with Crippen LogP contribution in [0, 0.1) is 7.14 Å². The van der Waals surface area contributed by atoms with Crippen molar-refractivity contribution in [3.63, 3.8) is 0 Å². The zero-order valence-corrected chi connectivity index (χ0v) is 25.6. The Hall–Kier alpha value is 1.36. The SMILES string of the molecule is ICCCCCCC1(CCCCCCI)c2cc(I)ccc2-c2ccc(I)cc21. The lowest BCUT2D eigenvalue weighted by Gasteiger charge is -2.33. The molecule has 1 aliphatic rings. The molecule has 0 unspecified atom stereocenters. The second-order valence-electron chi connectivity index (χ2n) is 8.17. The number of alkyl halides is 2. The Labute approximate surface area is 231 Å². The number of benzene rings is 2. The van der Waals surface area contributed by atoms with E-state index >= 15 is 0 Å². The molecule has 0 amide bonds. The van der Waals surface area contributed by atoms with Gasteiger partial charge in [-0.1, -0.05) is 95.8 Å². The van der Waals surface area contributed by atoms with Crippen molar-refractivity contribution in [2.24, 2.45) is 0 Å². The highest BCUT2D eigenvalue weighted by molar-refractivity contribution is 14.1. The number of unbranched alkanes of at least 4 members (excludes halogenated alkanes) is 6. The van der Waals surface area contributed by atoms with Gasteiger partial charge < -0.3 is 0 Å². The lowest BCUT2D eigenvalue weighted by atomic mass is 9.70. The smallest absolute Gasteiger partial charge is 0.0216 e. The Morgan fingerprint density at radius 3 is 1.38 bits per heavy atom. The van der Waals surface area contributed by atoms with Gasteiger partial charge >= 0.3 is 0 Å². The maximum atomic E-state index is 2.51. The maximum absolute atomic E-state index is 2.51. The van der Waals surface area contributed by atoms with Crippen molar-refractivity contribution < 1.29 is 0 Å². The highest BCUT2D eigenvalue weighted by Gasteiger charge is 2.42. The molecule has 0 nitrogen and oxygen atoms in total. The molecule has 0 saturated carbocycles. The summed E-state index contributed by atoms with van der Waals surface area (Å²) in [6.07, 6.45) is 13.6. The van der Waals surface area contributed by atoms with E-state index in [0.29, 0.717) is 0 Å². The molecule has 0 saturated heterocycles. The number of fused-ring (bicyclic) bond motifs is 3. The third-order valence-electron chi connectivity index (χ3n) is 6.26. The predicted molar refractivity (Wildman–Crippen MR) is 162 cm³/mol. The molecule has 0 aliphatic heterocycles. The molecule has 4 heteroatoms. The van der Waals surface area contributed by atoms with Crippen molar-refractivity contribution in [3.8, 4) is 11.1 Å². The van der Waals surface area contributed by atoms with Crippen molar-refractivity contribution in [2.45, 2.75) is 69.6 Å². The molecule has 0 bridgehead atoms. The zero-order chi connectivity index (χ0) is 20.7. The van der Waals surface area contributed by atoms with Crippen LogP contribution in [0.5, 0.6) is 0 Å². The van der Waals surface area contributed by atoms with Crippen molar-refractivity contribution in [3.05, 3.63) is 54.7 Å². The summed E-state index contributed by atoms with van der Waals surface area (Å²) in [5.74, 6) is 0. The van der Waals surface area contributed by atoms with Gasteiger partial charge in [0.15, 0.2) is 0 Å². The zero-order valence-electron chi connectivity index (χ0n) is 17.0. The second kappa shape index (κ2) is 12.6. The quantitative estimate of drug-likeness (QED) is 0.114. The van der Waals surface area contributed by atoms with E-state index in [1.165, 1.54) is 91.3 Å². The molecule has 2 aromatic rings. The van der Waals surface area contributed by atoms with Gasteiger partial charge in [0.1, 0.15) is 0 Å². The minimum atomic E-state index is 0.224. The molecular formula is C25H30I4. The fourth-order valence-electron chi connectivity index (χ4n) is 4.85. The Bertz CT molecular complexity index is 732. The number of halogens is 4. The monoisotopic (exact) mass is 838 g/mol. The molecule has 0 atom stereocenters. The summed E-state index contributed by atoms with van der Waals surface area (Å²) in [5.41, 5.74) is 6.45. The van der Waals surface area contributed by atoms with Gasteiger partial charge in [0.2, 0.25) is 0 Å². The average molecular weight is 838 g/mol. The first kappa shape index (κ1) is 25.0. The largest absolute Gasteiger partial charge is 0.0864 e. The van der Waals surface area contributed by atoms with Crippen LogP contribution in [0.3, 0.4) is 0 Å². The molecule has 0 N–H and O–H groups in total. The molecule has 29 heavy (non-hydrogen) atoms. The minimum Gasteiger partial charge on any atom is -0.0864 e. The Kier molecular flexibility index (Phi) is 10.8. The lowest BCUT2D eigenvalue weighted by molar-refractivity contribution is 0.401. The van der Waals surface area contributed by atoms with Gasteiger partial charge in [0, 0.05) is 12.6 Å². The molecule has 158 valence electrons. The van der Waals surface area contributed by atoms with E-state index < -0.39 is 0 Å². The first-order valence-corrected chi connectivity index (χ1v) is 16.1. The summed E-state index contributed by atoms with van der Waals surface area (Å²) >= 11 is 10.0. The summed E-state index contributed by atoms with van der Waals surface area (Å²) < 4.78 is 5.34. The van der Waals surface area contributed by atoms with Crippen LogP contribution in [0.15, 0.2) is 36.4 Å². The second-order valence-corrected chi connectivity index (χ2v) is 12.8. The molecule has 1 aliphatic carbocycles. The normalized spacial score (nSPS) is 14.1. The Balaban J connectivity index is 1.93. The molecule has 0 heterocycles. The van der Waals surface area contributed by atoms with Crippen molar-refractivity contribution in [1.82, 2.24) is 0 Å². The number of rotatable bonds is 12. The van der Waals surface area contributed by atoms with E-state index in [9.17, 15) is 0 Å². The Morgan fingerprint density at radius 1 is 0.552 bits per heavy atom. The van der Waals surface area contributed by atoms with Crippen molar-refractivity contribution in [2.75, 3.05) is 8.86 Å². The highest BCUT2D eigenvalue weighted by atomic mass is 127. The number of hydrogen-bond donors (Lipinski definition) is 0. The average Bonchev–Trinajstić information content (AvgIpc) is 2.96. The van der Waals surface area contributed by atoms with Gasteiger partial charge in [0.05, 0.1) is 0 Å². The predicted octanol–water partition coefficient (Wildman–Crippen LogP) is 9.93. The molecule has 0 aromatic heterocycles. The van der Waals surface area contributed by atoms with Gasteiger partial charge in [-0.2, -0.15) is 0 Å².